The van der Waals surface area contributed by atoms with Crippen molar-refractivity contribution in [2.45, 2.75) is 32.9 Å². The summed E-state index contributed by atoms with van der Waals surface area (Å²) in [5.74, 6) is -0.343. The number of nitrogens with zero attached hydrogens (tertiary/aromatic N) is 3. The zero-order chi connectivity index (χ0) is 19.7. The summed E-state index contributed by atoms with van der Waals surface area (Å²) in [6.07, 6.45) is 4.03. The van der Waals surface area contributed by atoms with E-state index in [1.165, 1.54) is 0 Å². The van der Waals surface area contributed by atoms with Crippen molar-refractivity contribution >= 4 is 29.1 Å². The quantitative estimate of drug-likeness (QED) is 0.626. The minimum absolute atomic E-state index is 0. The highest BCUT2D eigenvalue weighted by atomic mass is 35.5. The van der Waals surface area contributed by atoms with Gasteiger partial charge in [-0.25, -0.2) is 0 Å². The van der Waals surface area contributed by atoms with Crippen LogP contribution in [0.1, 0.15) is 36.6 Å². The molecule has 8 heteroatoms. The molecule has 0 spiro atoms. The van der Waals surface area contributed by atoms with Crippen LogP contribution in [0, 0.1) is 0 Å². The maximum atomic E-state index is 13.3. The van der Waals surface area contributed by atoms with Crippen LogP contribution in [0.4, 0.5) is 0 Å². The Balaban J connectivity index is 0.00000240. The first-order chi connectivity index (χ1) is 13.6. The number of nitrogens with one attached hydrogen (secondary N) is 1. The van der Waals surface area contributed by atoms with Crippen LogP contribution in [0.25, 0.3) is 11.3 Å². The number of halogens is 2. The van der Waals surface area contributed by atoms with Gasteiger partial charge in [-0.05, 0) is 42.8 Å². The van der Waals surface area contributed by atoms with Crippen molar-refractivity contribution in [3.63, 3.8) is 0 Å². The van der Waals surface area contributed by atoms with E-state index in [9.17, 15) is 4.79 Å². The fourth-order valence-corrected chi connectivity index (χ4v) is 3.89. The van der Waals surface area contributed by atoms with Gasteiger partial charge in [0.05, 0.1) is 40.4 Å². The van der Waals surface area contributed by atoms with Crippen molar-refractivity contribution in [1.82, 2.24) is 20.1 Å². The lowest BCUT2D eigenvalue weighted by Gasteiger charge is -2.23. The largest absolute Gasteiger partial charge is 0.332 e. The van der Waals surface area contributed by atoms with Crippen LogP contribution in [0.5, 0.6) is 0 Å². The van der Waals surface area contributed by atoms with Gasteiger partial charge >= 0.3 is 0 Å². The summed E-state index contributed by atoms with van der Waals surface area (Å²) in [5.41, 5.74) is 10.4. The Morgan fingerprint density at radius 1 is 1.24 bits per heavy atom. The molecular formula is C21H23Cl2N5O. The Morgan fingerprint density at radius 2 is 2.07 bits per heavy atom. The first-order valence-electron chi connectivity index (χ1n) is 8.98. The van der Waals surface area contributed by atoms with Gasteiger partial charge in [0.25, 0.3) is 0 Å². The second kappa shape index (κ2) is 8.95. The smallest absolute Gasteiger partial charge is 0.230 e. The summed E-state index contributed by atoms with van der Waals surface area (Å²) in [6.45, 7) is 1.39. The molecule has 1 atom stereocenters. The number of nitrogens with two attached hydrogens (primary N) is 1. The zero-order valence-electron chi connectivity index (χ0n) is 15.0. The zero-order valence-corrected chi connectivity index (χ0v) is 16.5. The summed E-state index contributed by atoms with van der Waals surface area (Å²) in [4.78, 5) is 19.3. The van der Waals surface area contributed by atoms with E-state index in [-0.39, 0.29) is 19.3 Å². The van der Waals surface area contributed by atoms with Gasteiger partial charge in [-0.1, -0.05) is 36.7 Å². The third-order valence-electron chi connectivity index (χ3n) is 5.00. The van der Waals surface area contributed by atoms with Crippen LogP contribution in [-0.4, -0.2) is 32.5 Å². The maximum Gasteiger partial charge on any atom is 0.230 e. The normalized spacial score (nSPS) is 13.7. The van der Waals surface area contributed by atoms with E-state index in [0.717, 1.165) is 28.1 Å². The van der Waals surface area contributed by atoms with E-state index in [4.69, 9.17) is 28.9 Å². The van der Waals surface area contributed by atoms with Crippen LogP contribution in [0.15, 0.2) is 42.7 Å². The molecule has 1 unspecified atom stereocenters. The Bertz CT molecular complexity index is 1010. The highest BCUT2D eigenvalue weighted by Crippen LogP contribution is 2.34. The molecule has 152 valence electrons. The van der Waals surface area contributed by atoms with Gasteiger partial charge in [0.1, 0.15) is 0 Å². The number of hydrogen-bond acceptors (Lipinski definition) is 4. The first kappa shape index (κ1) is 21.3. The third kappa shape index (κ3) is 4.15. The number of aromatic nitrogens is 3. The van der Waals surface area contributed by atoms with Gasteiger partial charge in [-0.15, -0.1) is 0 Å². The molecule has 0 saturated carbocycles. The lowest BCUT2D eigenvalue weighted by Crippen LogP contribution is -2.32. The second-order valence-corrected chi connectivity index (χ2v) is 7.58. The number of rotatable bonds is 5. The topological polar surface area (TPSA) is 87.9 Å². The molecular weight excluding hydrogens is 409 g/mol. The summed E-state index contributed by atoms with van der Waals surface area (Å²) in [7, 11) is 0. The first-order valence-corrected chi connectivity index (χ1v) is 9.74. The Labute approximate surface area is 180 Å². The fourth-order valence-electron chi connectivity index (χ4n) is 3.59. The Kier molecular flexibility index (Phi) is 6.57. The van der Waals surface area contributed by atoms with Crippen molar-refractivity contribution in [1.29, 1.82) is 0 Å². The van der Waals surface area contributed by atoms with Crippen molar-refractivity contribution in [2.75, 3.05) is 6.54 Å². The molecule has 1 amide bonds. The monoisotopic (exact) mass is 431 g/mol. The number of fused-ring (bicyclic) bond motifs is 1. The predicted octanol–water partition coefficient (Wildman–Crippen LogP) is 4.39. The molecule has 2 aromatic heterocycles. The molecule has 0 saturated heterocycles. The van der Waals surface area contributed by atoms with Crippen LogP contribution < -0.4 is 5.73 Å². The molecule has 0 radical (unpaired) electrons. The molecule has 1 aliphatic heterocycles. The molecule has 1 aliphatic rings. The number of carbonyl (C=O) groups is 1. The van der Waals surface area contributed by atoms with E-state index in [2.05, 4.69) is 15.2 Å². The van der Waals surface area contributed by atoms with E-state index in [0.29, 0.717) is 36.1 Å². The minimum atomic E-state index is -0.362. The lowest BCUT2D eigenvalue weighted by molar-refractivity contribution is -0.133. The lowest BCUT2D eigenvalue weighted by atomic mass is 9.94. The summed E-state index contributed by atoms with van der Waals surface area (Å²) >= 11 is 12.2. The molecule has 1 aromatic carbocycles. The predicted molar refractivity (Wildman–Crippen MR) is 116 cm³/mol. The molecule has 4 rings (SSSR count). The summed E-state index contributed by atoms with van der Waals surface area (Å²) < 4.78 is 0. The molecule has 6 nitrogen and oxygen atoms in total. The van der Waals surface area contributed by atoms with Gasteiger partial charge in [0.15, 0.2) is 0 Å². The van der Waals surface area contributed by atoms with Gasteiger partial charge < -0.3 is 10.6 Å². The maximum absolute atomic E-state index is 13.3. The summed E-state index contributed by atoms with van der Waals surface area (Å²) in [5, 5.41) is 8.37. The molecule has 0 aliphatic carbocycles. The standard InChI is InChI=1S/C20H19Cl2N5O.CH4/c21-16-4-3-12(8-17(16)22)14(5-6-23)20(28)27-10-15-18(11-27)25-26-19(15)13-2-1-7-24-9-13;/h1-4,7-9,14H,5-6,10-11,23H2,(H,25,26);1H4. The van der Waals surface area contributed by atoms with Crippen molar-refractivity contribution in [3.8, 4) is 11.3 Å². The second-order valence-electron chi connectivity index (χ2n) is 6.77. The van der Waals surface area contributed by atoms with E-state index in [1.807, 2.05) is 23.1 Å². The Hall–Kier alpha value is -2.41. The van der Waals surface area contributed by atoms with Crippen LogP contribution in [0.2, 0.25) is 10.0 Å². The van der Waals surface area contributed by atoms with Gasteiger partial charge in [-0.2, -0.15) is 5.10 Å². The molecule has 3 heterocycles. The molecule has 0 bridgehead atoms. The van der Waals surface area contributed by atoms with Crippen molar-refractivity contribution < 1.29 is 4.79 Å². The Morgan fingerprint density at radius 3 is 2.76 bits per heavy atom. The number of benzene rings is 1. The van der Waals surface area contributed by atoms with Crippen LogP contribution in [0.3, 0.4) is 0 Å². The van der Waals surface area contributed by atoms with E-state index in [1.54, 1.807) is 24.5 Å². The number of aromatic amines is 1. The average molecular weight is 432 g/mol. The molecule has 3 aromatic rings. The number of H-pyrrole nitrogens is 1. The highest BCUT2D eigenvalue weighted by molar-refractivity contribution is 6.42. The number of carbonyl (C=O) groups excluding carboxylic acids is 1. The van der Waals surface area contributed by atoms with Gasteiger partial charge in [-0.3, -0.25) is 14.9 Å². The third-order valence-corrected chi connectivity index (χ3v) is 5.74. The van der Waals surface area contributed by atoms with E-state index >= 15 is 0 Å². The number of amides is 1. The SMILES string of the molecule is C.NCCC(C(=O)N1Cc2[nH]nc(-c3cccnc3)c2C1)c1ccc(Cl)c(Cl)c1. The van der Waals surface area contributed by atoms with Crippen LogP contribution in [-0.2, 0) is 17.9 Å². The number of hydrogen-bond donors (Lipinski definition) is 2. The number of pyridine rings is 1. The average Bonchev–Trinajstić information content (AvgIpc) is 3.29. The molecule has 3 N–H and O–H groups in total. The highest BCUT2D eigenvalue weighted by Gasteiger charge is 2.33. The van der Waals surface area contributed by atoms with Crippen molar-refractivity contribution in [3.05, 3.63) is 69.6 Å². The minimum Gasteiger partial charge on any atom is -0.332 e. The van der Waals surface area contributed by atoms with Crippen molar-refractivity contribution in [2.24, 2.45) is 5.73 Å². The summed E-state index contributed by atoms with van der Waals surface area (Å²) in [6, 6.07) is 9.13. The van der Waals surface area contributed by atoms with E-state index < -0.39 is 0 Å². The molecule has 0 fully saturated rings. The fraction of sp³-hybridized carbons (Fsp3) is 0.286. The van der Waals surface area contributed by atoms with Gasteiger partial charge in [0.2, 0.25) is 5.91 Å². The molecule has 29 heavy (non-hydrogen) atoms. The van der Waals surface area contributed by atoms with Crippen LogP contribution >= 0.6 is 23.2 Å². The van der Waals surface area contributed by atoms with Gasteiger partial charge in [0, 0.05) is 23.5 Å².